The first-order valence-corrected chi connectivity index (χ1v) is 7.05. The molecule has 1 heterocycles. The standard InChI is InChI=1S/C16H15FN2OS/c1-20-12-4-5-13(16(18)21)15(9-12)19-7-6-10-2-3-11(17)8-14(10)19/h2-5,8-9H,6-7H2,1H3,(H2,18,21). The Kier molecular flexibility index (Phi) is 3.51. The van der Waals surface area contributed by atoms with Crippen molar-refractivity contribution >= 4 is 28.6 Å². The summed E-state index contributed by atoms with van der Waals surface area (Å²) in [6, 6.07) is 10.4. The molecule has 0 saturated carbocycles. The summed E-state index contributed by atoms with van der Waals surface area (Å²) >= 11 is 5.13. The summed E-state index contributed by atoms with van der Waals surface area (Å²) < 4.78 is 18.8. The quantitative estimate of drug-likeness (QED) is 0.884. The zero-order valence-electron chi connectivity index (χ0n) is 11.6. The van der Waals surface area contributed by atoms with Crippen LogP contribution in [0.3, 0.4) is 0 Å². The second-order valence-corrected chi connectivity index (χ2v) is 5.36. The Bertz CT molecular complexity index is 717. The molecule has 3 rings (SSSR count). The van der Waals surface area contributed by atoms with Crippen molar-refractivity contribution in [1.29, 1.82) is 0 Å². The number of hydrogen-bond acceptors (Lipinski definition) is 3. The molecule has 2 aromatic carbocycles. The molecular formula is C16H15FN2OS. The summed E-state index contributed by atoms with van der Waals surface area (Å²) in [4.78, 5) is 2.35. The van der Waals surface area contributed by atoms with Crippen molar-refractivity contribution in [3.8, 4) is 5.75 Å². The number of fused-ring (bicyclic) bond motifs is 1. The molecule has 2 N–H and O–H groups in total. The maximum absolute atomic E-state index is 13.6. The molecule has 0 amide bonds. The summed E-state index contributed by atoms with van der Waals surface area (Å²) in [5, 5.41) is 0. The Hall–Kier alpha value is -2.14. The van der Waals surface area contributed by atoms with Crippen LogP contribution in [0.25, 0.3) is 0 Å². The van der Waals surface area contributed by atoms with Gasteiger partial charge in [-0.1, -0.05) is 18.3 Å². The van der Waals surface area contributed by atoms with E-state index in [2.05, 4.69) is 0 Å². The van der Waals surface area contributed by atoms with Crippen LogP contribution in [0, 0.1) is 5.82 Å². The molecule has 0 unspecified atom stereocenters. The predicted octanol–water partition coefficient (Wildman–Crippen LogP) is 3.16. The number of hydrogen-bond donors (Lipinski definition) is 1. The Labute approximate surface area is 128 Å². The van der Waals surface area contributed by atoms with Crippen molar-refractivity contribution in [2.45, 2.75) is 6.42 Å². The number of anilines is 2. The van der Waals surface area contributed by atoms with E-state index in [9.17, 15) is 4.39 Å². The smallest absolute Gasteiger partial charge is 0.125 e. The fraction of sp³-hybridized carbons (Fsp3) is 0.188. The maximum atomic E-state index is 13.6. The molecule has 0 bridgehead atoms. The number of halogens is 1. The van der Waals surface area contributed by atoms with Crippen molar-refractivity contribution in [2.75, 3.05) is 18.6 Å². The van der Waals surface area contributed by atoms with Gasteiger partial charge in [0, 0.05) is 23.9 Å². The van der Waals surface area contributed by atoms with Gasteiger partial charge >= 0.3 is 0 Å². The fourth-order valence-electron chi connectivity index (χ4n) is 2.67. The first-order chi connectivity index (χ1) is 10.1. The highest BCUT2D eigenvalue weighted by molar-refractivity contribution is 7.80. The lowest BCUT2D eigenvalue weighted by molar-refractivity contribution is 0.415. The van der Waals surface area contributed by atoms with Crippen molar-refractivity contribution in [1.82, 2.24) is 0 Å². The van der Waals surface area contributed by atoms with Crippen LogP contribution in [0.15, 0.2) is 36.4 Å². The van der Waals surface area contributed by atoms with Gasteiger partial charge < -0.3 is 15.4 Å². The van der Waals surface area contributed by atoms with E-state index in [1.165, 1.54) is 6.07 Å². The van der Waals surface area contributed by atoms with Gasteiger partial charge in [-0.15, -0.1) is 0 Å². The van der Waals surface area contributed by atoms with Crippen LogP contribution in [-0.4, -0.2) is 18.6 Å². The largest absolute Gasteiger partial charge is 0.497 e. The molecule has 21 heavy (non-hydrogen) atoms. The second-order valence-electron chi connectivity index (χ2n) is 4.92. The normalized spacial score (nSPS) is 13.1. The van der Waals surface area contributed by atoms with Gasteiger partial charge in [0.25, 0.3) is 0 Å². The average Bonchev–Trinajstić information content (AvgIpc) is 2.89. The molecule has 1 aliphatic rings. The lowest BCUT2D eigenvalue weighted by Gasteiger charge is -2.23. The van der Waals surface area contributed by atoms with Gasteiger partial charge in [-0.05, 0) is 36.2 Å². The molecule has 0 aromatic heterocycles. The lowest BCUT2D eigenvalue weighted by atomic mass is 10.1. The van der Waals surface area contributed by atoms with E-state index in [-0.39, 0.29) is 5.82 Å². The summed E-state index contributed by atoms with van der Waals surface area (Å²) in [5.74, 6) is 0.468. The first-order valence-electron chi connectivity index (χ1n) is 6.64. The van der Waals surface area contributed by atoms with Crippen LogP contribution >= 0.6 is 12.2 Å². The van der Waals surface area contributed by atoms with Crippen LogP contribution in [0.1, 0.15) is 11.1 Å². The van der Waals surface area contributed by atoms with Crippen molar-refractivity contribution in [3.63, 3.8) is 0 Å². The summed E-state index contributed by atoms with van der Waals surface area (Å²) in [5.41, 5.74) is 9.41. The SMILES string of the molecule is COc1ccc(C(N)=S)c(N2CCc3ccc(F)cc32)c1. The highest BCUT2D eigenvalue weighted by Crippen LogP contribution is 2.38. The second kappa shape index (κ2) is 5.33. The average molecular weight is 302 g/mol. The van der Waals surface area contributed by atoms with E-state index in [1.807, 2.05) is 29.2 Å². The predicted molar refractivity (Wildman–Crippen MR) is 86.0 cm³/mol. The van der Waals surface area contributed by atoms with Gasteiger partial charge in [-0.25, -0.2) is 4.39 Å². The Balaban J connectivity index is 2.14. The minimum absolute atomic E-state index is 0.250. The van der Waals surface area contributed by atoms with Crippen LogP contribution in [-0.2, 0) is 6.42 Å². The molecule has 0 fully saturated rings. The molecule has 3 nitrogen and oxygen atoms in total. The van der Waals surface area contributed by atoms with Crippen molar-refractivity contribution < 1.29 is 9.13 Å². The van der Waals surface area contributed by atoms with Crippen molar-refractivity contribution in [3.05, 3.63) is 53.3 Å². The zero-order chi connectivity index (χ0) is 15.0. The van der Waals surface area contributed by atoms with Crippen LogP contribution in [0.4, 0.5) is 15.8 Å². The van der Waals surface area contributed by atoms with E-state index < -0.39 is 0 Å². The van der Waals surface area contributed by atoms with Crippen LogP contribution in [0.2, 0.25) is 0 Å². The Morgan fingerprint density at radius 3 is 2.76 bits per heavy atom. The monoisotopic (exact) mass is 302 g/mol. The van der Waals surface area contributed by atoms with Gasteiger partial charge in [0.2, 0.25) is 0 Å². The highest BCUT2D eigenvalue weighted by Gasteiger charge is 2.24. The van der Waals surface area contributed by atoms with E-state index in [0.29, 0.717) is 4.99 Å². The Morgan fingerprint density at radius 1 is 1.24 bits per heavy atom. The Morgan fingerprint density at radius 2 is 2.05 bits per heavy atom. The number of methoxy groups -OCH3 is 1. The number of nitrogens with two attached hydrogens (primary N) is 1. The topological polar surface area (TPSA) is 38.5 Å². The van der Waals surface area contributed by atoms with Gasteiger partial charge in [0.1, 0.15) is 16.6 Å². The molecule has 2 aromatic rings. The molecule has 0 aliphatic carbocycles. The molecule has 0 spiro atoms. The maximum Gasteiger partial charge on any atom is 0.125 e. The molecule has 0 radical (unpaired) electrons. The van der Waals surface area contributed by atoms with Gasteiger partial charge in [-0.2, -0.15) is 0 Å². The van der Waals surface area contributed by atoms with Gasteiger partial charge in [0.05, 0.1) is 12.8 Å². The van der Waals surface area contributed by atoms with Gasteiger partial charge in [0.15, 0.2) is 0 Å². The minimum atomic E-state index is -0.250. The van der Waals surface area contributed by atoms with Crippen molar-refractivity contribution in [2.24, 2.45) is 5.73 Å². The summed E-state index contributed by atoms with van der Waals surface area (Å²) in [7, 11) is 1.61. The summed E-state index contributed by atoms with van der Waals surface area (Å²) in [6.45, 7) is 0.765. The zero-order valence-corrected chi connectivity index (χ0v) is 12.4. The van der Waals surface area contributed by atoms with E-state index >= 15 is 0 Å². The molecule has 0 saturated heterocycles. The third-order valence-electron chi connectivity index (χ3n) is 3.70. The molecule has 5 heteroatoms. The highest BCUT2D eigenvalue weighted by atomic mass is 32.1. The first kappa shape index (κ1) is 13.8. The lowest BCUT2D eigenvalue weighted by Crippen LogP contribution is -2.20. The van der Waals surface area contributed by atoms with E-state index in [1.54, 1.807) is 13.2 Å². The third kappa shape index (κ3) is 2.45. The van der Waals surface area contributed by atoms with Crippen LogP contribution < -0.4 is 15.4 Å². The fourth-order valence-corrected chi connectivity index (χ4v) is 2.85. The number of rotatable bonds is 3. The number of thiocarbonyl (C=S) groups is 1. The third-order valence-corrected chi connectivity index (χ3v) is 3.92. The van der Waals surface area contributed by atoms with Crippen LogP contribution in [0.5, 0.6) is 5.75 Å². The number of benzene rings is 2. The molecule has 1 aliphatic heterocycles. The van der Waals surface area contributed by atoms with E-state index in [0.717, 1.165) is 41.2 Å². The number of ether oxygens (including phenoxy) is 1. The summed E-state index contributed by atoms with van der Waals surface area (Å²) in [6.07, 6.45) is 0.865. The number of nitrogens with zero attached hydrogens (tertiary/aromatic N) is 1. The minimum Gasteiger partial charge on any atom is -0.497 e. The molecule has 0 atom stereocenters. The van der Waals surface area contributed by atoms with Gasteiger partial charge in [-0.3, -0.25) is 0 Å². The molecular weight excluding hydrogens is 287 g/mol. The van der Waals surface area contributed by atoms with E-state index in [4.69, 9.17) is 22.7 Å². The molecule has 108 valence electrons.